The fourth-order valence-corrected chi connectivity index (χ4v) is 1.78. The number of nitrogens with zero attached hydrogens (tertiary/aromatic N) is 1. The summed E-state index contributed by atoms with van der Waals surface area (Å²) in [4.78, 5) is 13.4. The van der Waals surface area contributed by atoms with Gasteiger partial charge in [0.1, 0.15) is 5.82 Å². The maximum atomic E-state index is 13.0. The minimum Gasteiger partial charge on any atom is -0.396 e. The topological polar surface area (TPSA) is 78.6 Å². The minimum atomic E-state index is -0.866. The number of carbonyl (C=O) groups is 1. The number of carbonyl (C=O) groups excluding carboxylic acids is 1. The summed E-state index contributed by atoms with van der Waals surface area (Å²) in [5.74, 6) is -0.769. The van der Waals surface area contributed by atoms with Gasteiger partial charge in [0.05, 0.1) is 17.8 Å². The molecule has 4 N–H and O–H groups in total. The van der Waals surface area contributed by atoms with Crippen molar-refractivity contribution in [1.82, 2.24) is 4.90 Å². The van der Waals surface area contributed by atoms with Gasteiger partial charge >= 0.3 is 0 Å². The molecule has 6 heteroatoms. The largest absolute Gasteiger partial charge is 0.396 e. The first-order valence-corrected chi connectivity index (χ1v) is 5.93. The van der Waals surface area contributed by atoms with Gasteiger partial charge in [-0.15, -0.1) is 0 Å². The number of hydrogen-bond donors (Lipinski definition) is 3. The minimum absolute atomic E-state index is 0.0114. The highest BCUT2D eigenvalue weighted by Crippen LogP contribution is 2.16. The molecule has 106 valence electrons. The molecule has 0 radical (unpaired) electrons. The second-order valence-electron chi connectivity index (χ2n) is 5.27. The fourth-order valence-electron chi connectivity index (χ4n) is 1.78. The molecule has 0 atom stereocenters. The maximum Gasteiger partial charge on any atom is 0.238 e. The van der Waals surface area contributed by atoms with Crippen molar-refractivity contribution in [3.8, 4) is 0 Å². The van der Waals surface area contributed by atoms with Crippen LogP contribution in [0.25, 0.3) is 0 Å². The molecule has 0 spiro atoms. The van der Waals surface area contributed by atoms with E-state index >= 15 is 0 Å². The zero-order valence-corrected chi connectivity index (χ0v) is 11.4. The van der Waals surface area contributed by atoms with Gasteiger partial charge in [0.25, 0.3) is 0 Å². The summed E-state index contributed by atoms with van der Waals surface area (Å²) in [6.07, 6.45) is 0. The molecule has 1 amide bonds. The van der Waals surface area contributed by atoms with Crippen molar-refractivity contribution in [2.45, 2.75) is 19.4 Å². The van der Waals surface area contributed by atoms with Crippen LogP contribution in [0, 0.1) is 5.82 Å². The molecular formula is C13H20FN3O2. The number of nitrogen functional groups attached to an aromatic ring is 1. The van der Waals surface area contributed by atoms with Gasteiger partial charge in [-0.3, -0.25) is 9.69 Å². The van der Waals surface area contributed by atoms with Gasteiger partial charge in [-0.25, -0.2) is 4.39 Å². The van der Waals surface area contributed by atoms with Crippen molar-refractivity contribution >= 4 is 17.3 Å². The molecule has 1 aromatic carbocycles. The van der Waals surface area contributed by atoms with E-state index in [1.807, 2.05) is 0 Å². The SMILES string of the molecule is CN(CC(=O)Nc1ccc(F)c(N)c1)CC(C)(C)O. The zero-order chi connectivity index (χ0) is 14.6. The Balaban J connectivity index is 2.53. The maximum absolute atomic E-state index is 13.0. The molecule has 0 aromatic heterocycles. The first-order chi connectivity index (χ1) is 8.67. The Morgan fingerprint density at radius 1 is 1.53 bits per heavy atom. The molecule has 1 aromatic rings. The third kappa shape index (κ3) is 5.67. The average Bonchev–Trinajstić information content (AvgIpc) is 2.20. The molecule has 0 unspecified atom stereocenters. The molecule has 0 aliphatic heterocycles. The highest BCUT2D eigenvalue weighted by molar-refractivity contribution is 5.92. The Labute approximate surface area is 112 Å². The second-order valence-corrected chi connectivity index (χ2v) is 5.27. The predicted octanol–water partition coefficient (Wildman–Crippen LogP) is 1.05. The summed E-state index contributed by atoms with van der Waals surface area (Å²) < 4.78 is 13.0. The van der Waals surface area contributed by atoms with Crippen LogP contribution in [0.3, 0.4) is 0 Å². The highest BCUT2D eigenvalue weighted by atomic mass is 19.1. The normalized spacial score (nSPS) is 11.7. The number of rotatable bonds is 5. The summed E-state index contributed by atoms with van der Waals surface area (Å²) in [6, 6.07) is 4.01. The smallest absolute Gasteiger partial charge is 0.238 e. The molecule has 0 saturated heterocycles. The number of anilines is 2. The van der Waals surface area contributed by atoms with Crippen molar-refractivity contribution < 1.29 is 14.3 Å². The predicted molar refractivity (Wildman–Crippen MR) is 73.2 cm³/mol. The van der Waals surface area contributed by atoms with Gasteiger partial charge < -0.3 is 16.2 Å². The van der Waals surface area contributed by atoms with E-state index in [-0.39, 0.29) is 18.1 Å². The average molecular weight is 269 g/mol. The number of amides is 1. The van der Waals surface area contributed by atoms with Crippen molar-refractivity contribution in [3.63, 3.8) is 0 Å². The standard InChI is InChI=1S/C13H20FN3O2/c1-13(2,19)8-17(3)7-12(18)16-9-4-5-10(14)11(15)6-9/h4-6,19H,7-8,15H2,1-3H3,(H,16,18). The second kappa shape index (κ2) is 5.99. The first-order valence-electron chi connectivity index (χ1n) is 5.93. The number of benzene rings is 1. The van der Waals surface area contributed by atoms with Crippen molar-refractivity contribution in [3.05, 3.63) is 24.0 Å². The van der Waals surface area contributed by atoms with E-state index in [0.717, 1.165) is 0 Å². The Hall–Kier alpha value is -1.66. The summed E-state index contributed by atoms with van der Waals surface area (Å²) in [5.41, 5.74) is 4.98. The Morgan fingerprint density at radius 3 is 2.68 bits per heavy atom. The van der Waals surface area contributed by atoms with E-state index in [1.54, 1.807) is 25.8 Å². The van der Waals surface area contributed by atoms with Crippen LogP contribution in [0.4, 0.5) is 15.8 Å². The molecule has 0 aliphatic rings. The van der Waals surface area contributed by atoms with Crippen LogP contribution in [-0.4, -0.2) is 41.7 Å². The highest BCUT2D eigenvalue weighted by Gasteiger charge is 2.17. The van der Waals surface area contributed by atoms with Crippen LogP contribution in [-0.2, 0) is 4.79 Å². The number of halogens is 1. The van der Waals surface area contributed by atoms with Crippen LogP contribution >= 0.6 is 0 Å². The molecule has 0 bridgehead atoms. The van der Waals surface area contributed by atoms with E-state index in [9.17, 15) is 14.3 Å². The number of nitrogens with two attached hydrogens (primary N) is 1. The van der Waals surface area contributed by atoms with Crippen molar-refractivity contribution in [1.29, 1.82) is 0 Å². The molecule has 0 saturated carbocycles. The molecule has 5 nitrogen and oxygen atoms in total. The van der Waals surface area contributed by atoms with E-state index in [2.05, 4.69) is 5.32 Å². The van der Waals surface area contributed by atoms with Crippen LogP contribution in [0.1, 0.15) is 13.8 Å². The van der Waals surface area contributed by atoms with Crippen LogP contribution in [0.15, 0.2) is 18.2 Å². The summed E-state index contributed by atoms with van der Waals surface area (Å²) in [5, 5.41) is 12.2. The van der Waals surface area contributed by atoms with Crippen LogP contribution in [0.2, 0.25) is 0 Å². The lowest BCUT2D eigenvalue weighted by atomic mass is 10.1. The number of hydrogen-bond acceptors (Lipinski definition) is 4. The Bertz CT molecular complexity index is 458. The van der Waals surface area contributed by atoms with Gasteiger partial charge in [0, 0.05) is 12.2 Å². The lowest BCUT2D eigenvalue weighted by Crippen LogP contribution is -2.40. The van der Waals surface area contributed by atoms with Gasteiger partial charge in [-0.05, 0) is 39.1 Å². The molecule has 0 aliphatic carbocycles. The third-order valence-corrected chi connectivity index (χ3v) is 2.35. The molecular weight excluding hydrogens is 249 g/mol. The van der Waals surface area contributed by atoms with Crippen molar-refractivity contribution in [2.24, 2.45) is 0 Å². The summed E-state index contributed by atoms with van der Waals surface area (Å²) in [6.45, 7) is 3.83. The van der Waals surface area contributed by atoms with Gasteiger partial charge in [0.15, 0.2) is 0 Å². The van der Waals surface area contributed by atoms with Gasteiger partial charge in [-0.1, -0.05) is 0 Å². The number of aliphatic hydroxyl groups is 1. The fraction of sp³-hybridized carbons (Fsp3) is 0.462. The van der Waals surface area contributed by atoms with Crippen LogP contribution < -0.4 is 11.1 Å². The van der Waals surface area contributed by atoms with E-state index in [1.165, 1.54) is 18.2 Å². The summed E-state index contributed by atoms with van der Waals surface area (Å²) >= 11 is 0. The summed E-state index contributed by atoms with van der Waals surface area (Å²) in [7, 11) is 1.73. The third-order valence-electron chi connectivity index (χ3n) is 2.35. The van der Waals surface area contributed by atoms with Gasteiger partial charge in [-0.2, -0.15) is 0 Å². The van der Waals surface area contributed by atoms with E-state index in [0.29, 0.717) is 12.2 Å². The van der Waals surface area contributed by atoms with Gasteiger partial charge in [0.2, 0.25) is 5.91 Å². The zero-order valence-electron chi connectivity index (χ0n) is 11.4. The molecule has 0 heterocycles. The Kier molecular flexibility index (Phi) is 4.85. The monoisotopic (exact) mass is 269 g/mol. The van der Waals surface area contributed by atoms with E-state index < -0.39 is 11.4 Å². The lowest BCUT2D eigenvalue weighted by Gasteiger charge is -2.24. The molecule has 1 rings (SSSR count). The van der Waals surface area contributed by atoms with E-state index in [4.69, 9.17) is 5.73 Å². The quantitative estimate of drug-likeness (QED) is 0.698. The first kappa shape index (κ1) is 15.4. The lowest BCUT2D eigenvalue weighted by molar-refractivity contribution is -0.117. The number of likely N-dealkylation sites (N-methyl/N-ethyl adjacent to an activating group) is 1. The molecule has 0 fully saturated rings. The molecule has 19 heavy (non-hydrogen) atoms. The Morgan fingerprint density at radius 2 is 2.16 bits per heavy atom. The van der Waals surface area contributed by atoms with Crippen LogP contribution in [0.5, 0.6) is 0 Å². The van der Waals surface area contributed by atoms with Crippen molar-refractivity contribution in [2.75, 3.05) is 31.2 Å². The number of nitrogens with one attached hydrogen (secondary N) is 1.